The van der Waals surface area contributed by atoms with Crippen molar-refractivity contribution in [2.45, 2.75) is 23.4 Å². The topological polar surface area (TPSA) is 38.9 Å². The van der Waals surface area contributed by atoms with Crippen molar-refractivity contribution in [3.8, 4) is 0 Å². The molecule has 3 heteroatoms. The fraction of sp³-hybridized carbons (Fsp3) is 0.118. The quantitative estimate of drug-likeness (QED) is 0.783. The van der Waals surface area contributed by atoms with Gasteiger partial charge in [-0.1, -0.05) is 47.7 Å². The molecule has 3 rings (SSSR count). The van der Waals surface area contributed by atoms with E-state index in [1.165, 1.54) is 10.5 Å². The Bertz CT molecular complexity index is 736. The zero-order valence-electron chi connectivity index (χ0n) is 11.3. The zero-order valence-corrected chi connectivity index (χ0v) is 12.2. The van der Waals surface area contributed by atoms with Crippen LogP contribution >= 0.6 is 11.8 Å². The minimum absolute atomic E-state index is 0.506. The van der Waals surface area contributed by atoms with Crippen LogP contribution in [-0.4, -0.2) is 4.98 Å². The average Bonchev–Trinajstić information content (AvgIpc) is 2.49. The molecule has 20 heavy (non-hydrogen) atoms. The summed E-state index contributed by atoms with van der Waals surface area (Å²) in [7, 11) is 0. The molecule has 2 nitrogen and oxygen atoms in total. The lowest BCUT2D eigenvalue weighted by molar-refractivity contribution is 0.982. The smallest absolute Gasteiger partial charge is 0.106 e. The fourth-order valence-electron chi connectivity index (χ4n) is 2.09. The third-order valence-corrected chi connectivity index (χ3v) is 4.27. The van der Waals surface area contributed by atoms with Gasteiger partial charge in [0.2, 0.25) is 0 Å². The summed E-state index contributed by atoms with van der Waals surface area (Å²) < 4.78 is 0. The molecule has 0 amide bonds. The van der Waals surface area contributed by atoms with E-state index in [2.05, 4.69) is 43.3 Å². The van der Waals surface area contributed by atoms with Crippen molar-refractivity contribution in [2.24, 2.45) is 5.73 Å². The number of aromatic nitrogens is 1. The lowest BCUT2D eigenvalue weighted by atomic mass is 10.1. The minimum Gasteiger partial charge on any atom is -0.326 e. The lowest BCUT2D eigenvalue weighted by Crippen LogP contribution is -2.00. The van der Waals surface area contributed by atoms with Crippen LogP contribution in [-0.2, 0) is 6.54 Å². The Hall–Kier alpha value is -1.84. The predicted octanol–water partition coefficient (Wildman–Crippen LogP) is 4.15. The largest absolute Gasteiger partial charge is 0.326 e. The highest BCUT2D eigenvalue weighted by atomic mass is 32.2. The summed E-state index contributed by atoms with van der Waals surface area (Å²) in [5.74, 6) is 0. The van der Waals surface area contributed by atoms with Crippen molar-refractivity contribution in [1.29, 1.82) is 0 Å². The first kappa shape index (κ1) is 13.2. The van der Waals surface area contributed by atoms with Crippen LogP contribution < -0.4 is 5.73 Å². The third kappa shape index (κ3) is 2.69. The van der Waals surface area contributed by atoms with Crippen LogP contribution in [0.5, 0.6) is 0 Å². The molecule has 0 saturated carbocycles. The summed E-state index contributed by atoms with van der Waals surface area (Å²) in [5.41, 5.74) is 9.24. The van der Waals surface area contributed by atoms with Crippen molar-refractivity contribution >= 4 is 22.7 Å². The molecule has 0 saturated heterocycles. The first-order valence-corrected chi connectivity index (χ1v) is 7.41. The Morgan fingerprint density at radius 2 is 1.80 bits per heavy atom. The van der Waals surface area contributed by atoms with Crippen LogP contribution in [0.1, 0.15) is 11.1 Å². The summed E-state index contributed by atoms with van der Waals surface area (Å²) in [4.78, 5) is 5.93. The highest BCUT2D eigenvalue weighted by Gasteiger charge is 2.07. The number of hydrogen-bond donors (Lipinski definition) is 1. The summed E-state index contributed by atoms with van der Waals surface area (Å²) in [6, 6.07) is 18.8. The molecule has 0 aliphatic rings. The monoisotopic (exact) mass is 280 g/mol. The van der Waals surface area contributed by atoms with E-state index >= 15 is 0 Å². The minimum atomic E-state index is 0.506. The van der Waals surface area contributed by atoms with Gasteiger partial charge in [0.15, 0.2) is 0 Å². The molecule has 2 aromatic carbocycles. The van der Waals surface area contributed by atoms with Gasteiger partial charge in [-0.2, -0.15) is 0 Å². The van der Waals surface area contributed by atoms with Gasteiger partial charge in [-0.05, 0) is 36.8 Å². The lowest BCUT2D eigenvalue weighted by Gasteiger charge is -2.09. The number of pyridine rings is 1. The maximum atomic E-state index is 5.87. The first-order valence-electron chi connectivity index (χ1n) is 6.59. The van der Waals surface area contributed by atoms with Crippen molar-refractivity contribution in [2.75, 3.05) is 0 Å². The van der Waals surface area contributed by atoms with Crippen LogP contribution in [0, 0.1) is 6.92 Å². The molecule has 0 spiro atoms. The van der Waals surface area contributed by atoms with Gasteiger partial charge in [0.25, 0.3) is 0 Å². The summed E-state index contributed by atoms with van der Waals surface area (Å²) in [5, 5.41) is 2.14. The van der Waals surface area contributed by atoms with Gasteiger partial charge in [0.1, 0.15) is 5.03 Å². The average molecular weight is 280 g/mol. The number of nitrogens with zero attached hydrogens (tertiary/aromatic N) is 1. The second kappa shape index (κ2) is 5.65. The number of benzene rings is 2. The Morgan fingerprint density at radius 3 is 2.55 bits per heavy atom. The Kier molecular flexibility index (Phi) is 3.72. The van der Waals surface area contributed by atoms with Crippen molar-refractivity contribution < 1.29 is 0 Å². The van der Waals surface area contributed by atoms with E-state index in [-0.39, 0.29) is 0 Å². The van der Waals surface area contributed by atoms with Crippen LogP contribution in [0.2, 0.25) is 0 Å². The van der Waals surface area contributed by atoms with E-state index in [0.29, 0.717) is 6.54 Å². The number of aryl methyl sites for hydroxylation is 1. The molecule has 3 aromatic rings. The Balaban J connectivity index is 2.03. The highest BCUT2D eigenvalue weighted by Crippen LogP contribution is 2.31. The van der Waals surface area contributed by atoms with E-state index in [1.807, 2.05) is 18.2 Å². The first-order chi connectivity index (χ1) is 9.76. The maximum absolute atomic E-state index is 5.87. The Labute approximate surface area is 123 Å². The summed E-state index contributed by atoms with van der Waals surface area (Å²) in [6.07, 6.45) is 0. The summed E-state index contributed by atoms with van der Waals surface area (Å²) in [6.45, 7) is 2.60. The number of hydrogen-bond acceptors (Lipinski definition) is 3. The molecule has 0 radical (unpaired) electrons. The molecule has 0 bridgehead atoms. The van der Waals surface area contributed by atoms with Gasteiger partial charge in [-0.3, -0.25) is 0 Å². The van der Waals surface area contributed by atoms with Gasteiger partial charge in [-0.25, -0.2) is 4.98 Å². The molecule has 1 aromatic heterocycles. The maximum Gasteiger partial charge on any atom is 0.106 e. The van der Waals surface area contributed by atoms with E-state index in [0.717, 1.165) is 21.5 Å². The van der Waals surface area contributed by atoms with Crippen LogP contribution in [0.15, 0.2) is 64.5 Å². The van der Waals surface area contributed by atoms with Crippen molar-refractivity contribution in [3.05, 3.63) is 65.7 Å². The Morgan fingerprint density at radius 1 is 1.05 bits per heavy atom. The second-order valence-corrected chi connectivity index (χ2v) is 5.83. The number of nitrogens with two attached hydrogens (primary N) is 1. The van der Waals surface area contributed by atoms with Crippen LogP contribution in [0.25, 0.3) is 10.9 Å². The highest BCUT2D eigenvalue weighted by molar-refractivity contribution is 7.99. The molecule has 100 valence electrons. The summed E-state index contributed by atoms with van der Waals surface area (Å²) >= 11 is 1.67. The third-order valence-electron chi connectivity index (χ3n) is 3.22. The number of fused-ring (bicyclic) bond motifs is 1. The van der Waals surface area contributed by atoms with Crippen LogP contribution in [0.4, 0.5) is 0 Å². The van der Waals surface area contributed by atoms with E-state index in [9.17, 15) is 0 Å². The number of rotatable bonds is 3. The molecule has 1 heterocycles. The second-order valence-electron chi connectivity index (χ2n) is 4.76. The SMILES string of the molecule is Cc1ccc(Sc2nc3ccccc3cc2CN)cc1. The zero-order chi connectivity index (χ0) is 13.9. The number of para-hydroxylation sites is 1. The fourth-order valence-corrected chi connectivity index (χ4v) is 3.01. The van der Waals surface area contributed by atoms with Gasteiger partial charge in [0.05, 0.1) is 5.52 Å². The van der Waals surface area contributed by atoms with E-state index in [4.69, 9.17) is 10.7 Å². The van der Waals surface area contributed by atoms with E-state index in [1.54, 1.807) is 11.8 Å². The molecule has 0 aliphatic heterocycles. The molecular formula is C17H16N2S. The normalized spacial score (nSPS) is 10.9. The van der Waals surface area contributed by atoms with Crippen LogP contribution in [0.3, 0.4) is 0 Å². The predicted molar refractivity (Wildman–Crippen MR) is 84.9 cm³/mol. The van der Waals surface area contributed by atoms with Gasteiger partial charge >= 0.3 is 0 Å². The standard InChI is InChI=1S/C17H16N2S/c1-12-6-8-15(9-7-12)20-17-14(11-18)10-13-4-2-3-5-16(13)19-17/h2-10H,11,18H2,1H3. The van der Waals surface area contributed by atoms with Gasteiger partial charge in [0, 0.05) is 16.8 Å². The van der Waals surface area contributed by atoms with Gasteiger partial charge < -0.3 is 5.73 Å². The van der Waals surface area contributed by atoms with E-state index < -0.39 is 0 Å². The molecule has 2 N–H and O–H groups in total. The molecular weight excluding hydrogens is 264 g/mol. The molecule has 0 aliphatic carbocycles. The van der Waals surface area contributed by atoms with Gasteiger partial charge in [-0.15, -0.1) is 0 Å². The molecule has 0 atom stereocenters. The van der Waals surface area contributed by atoms with Crippen molar-refractivity contribution in [3.63, 3.8) is 0 Å². The van der Waals surface area contributed by atoms with Crippen molar-refractivity contribution in [1.82, 2.24) is 4.98 Å². The molecule has 0 unspecified atom stereocenters. The molecule has 0 fully saturated rings.